The topological polar surface area (TPSA) is 46.9 Å². The normalized spacial score (nSPS) is 18.1. The molecule has 4 heteroatoms. The van der Waals surface area contributed by atoms with E-state index in [9.17, 15) is 10.2 Å². The van der Waals surface area contributed by atoms with Crippen LogP contribution in [0, 0.1) is 0 Å². The fourth-order valence-electron chi connectivity index (χ4n) is 2.38. The number of hydrogen-bond acceptors (Lipinski definition) is 4. The monoisotopic (exact) mass is 250 g/mol. The molecule has 1 aliphatic heterocycles. The van der Waals surface area contributed by atoms with E-state index < -0.39 is 0 Å². The van der Waals surface area contributed by atoms with E-state index in [-0.39, 0.29) is 11.5 Å². The van der Waals surface area contributed by atoms with E-state index in [0.29, 0.717) is 0 Å². The third-order valence-corrected chi connectivity index (χ3v) is 3.50. The Labute approximate surface area is 108 Å². The minimum Gasteiger partial charge on any atom is -0.508 e. The highest BCUT2D eigenvalue weighted by Gasteiger charge is 2.12. The molecule has 4 nitrogen and oxygen atoms in total. The fraction of sp³-hybridized carbons (Fsp3) is 0.571. The third-order valence-electron chi connectivity index (χ3n) is 3.50. The molecule has 0 saturated carbocycles. The van der Waals surface area contributed by atoms with Gasteiger partial charge in [0.2, 0.25) is 0 Å². The molecule has 0 unspecified atom stereocenters. The van der Waals surface area contributed by atoms with Crippen molar-refractivity contribution in [3.63, 3.8) is 0 Å². The number of phenolic OH excluding ortho intramolecular Hbond substituents is 2. The van der Waals surface area contributed by atoms with Gasteiger partial charge in [0.05, 0.1) is 0 Å². The molecule has 1 aliphatic rings. The molecule has 1 aromatic carbocycles. The third kappa shape index (κ3) is 3.89. The predicted octanol–water partition coefficient (Wildman–Crippen LogP) is 1.28. The number of phenols is 2. The highest BCUT2D eigenvalue weighted by molar-refractivity contribution is 5.36. The van der Waals surface area contributed by atoms with Crippen molar-refractivity contribution >= 4 is 0 Å². The van der Waals surface area contributed by atoms with Crippen LogP contribution in [0.4, 0.5) is 0 Å². The van der Waals surface area contributed by atoms with E-state index >= 15 is 0 Å². The summed E-state index contributed by atoms with van der Waals surface area (Å²) in [7, 11) is 2.16. The van der Waals surface area contributed by atoms with Gasteiger partial charge in [-0.15, -0.1) is 0 Å². The van der Waals surface area contributed by atoms with Gasteiger partial charge in [-0.1, -0.05) is 0 Å². The number of piperazine rings is 1. The molecule has 1 heterocycles. The number of rotatable bonds is 4. The summed E-state index contributed by atoms with van der Waals surface area (Å²) in [5, 5.41) is 18.8. The summed E-state index contributed by atoms with van der Waals surface area (Å²) in [6.45, 7) is 5.66. The summed E-state index contributed by atoms with van der Waals surface area (Å²) in [5.41, 5.74) is 1.00. The van der Waals surface area contributed by atoms with Gasteiger partial charge in [0.15, 0.2) is 0 Å². The molecule has 2 N–H and O–H groups in total. The van der Waals surface area contributed by atoms with E-state index in [1.54, 1.807) is 12.1 Å². The quantitative estimate of drug-likeness (QED) is 0.845. The average molecular weight is 250 g/mol. The highest BCUT2D eigenvalue weighted by Crippen LogP contribution is 2.21. The minimum absolute atomic E-state index is 0.143. The van der Waals surface area contributed by atoms with Gasteiger partial charge in [-0.3, -0.25) is 0 Å². The van der Waals surface area contributed by atoms with E-state index in [1.165, 1.54) is 6.07 Å². The van der Waals surface area contributed by atoms with Crippen LogP contribution in [0.1, 0.15) is 12.0 Å². The Morgan fingerprint density at radius 1 is 1.00 bits per heavy atom. The molecule has 0 spiro atoms. The first-order chi connectivity index (χ1) is 8.63. The van der Waals surface area contributed by atoms with Crippen molar-refractivity contribution in [1.82, 2.24) is 9.80 Å². The van der Waals surface area contributed by atoms with Crippen molar-refractivity contribution in [1.29, 1.82) is 0 Å². The Bertz CT molecular complexity index is 367. The van der Waals surface area contributed by atoms with E-state index in [1.807, 2.05) is 0 Å². The Morgan fingerprint density at radius 2 is 1.61 bits per heavy atom. The van der Waals surface area contributed by atoms with Gasteiger partial charge in [-0.05, 0) is 44.1 Å². The van der Waals surface area contributed by atoms with Crippen LogP contribution in [0.15, 0.2) is 18.2 Å². The number of likely N-dealkylation sites (N-methyl/N-ethyl adjacent to an activating group) is 1. The number of aromatic hydroxyl groups is 2. The SMILES string of the molecule is CN1CCN(CCCc2cc(O)cc(O)c2)CC1. The lowest BCUT2D eigenvalue weighted by molar-refractivity contribution is 0.153. The van der Waals surface area contributed by atoms with Crippen LogP contribution < -0.4 is 0 Å². The number of nitrogens with zero attached hydrogens (tertiary/aromatic N) is 2. The summed E-state index contributed by atoms with van der Waals surface area (Å²) in [6, 6.07) is 4.82. The molecule has 0 atom stereocenters. The van der Waals surface area contributed by atoms with Gasteiger partial charge >= 0.3 is 0 Å². The molecule has 0 bridgehead atoms. The number of aryl methyl sites for hydroxylation is 1. The van der Waals surface area contributed by atoms with Crippen LogP contribution in [0.25, 0.3) is 0 Å². The number of benzene rings is 1. The van der Waals surface area contributed by atoms with Gasteiger partial charge in [0, 0.05) is 32.2 Å². The van der Waals surface area contributed by atoms with Gasteiger partial charge in [-0.2, -0.15) is 0 Å². The Kier molecular flexibility index (Phi) is 4.44. The second-order valence-corrected chi connectivity index (χ2v) is 5.11. The maximum Gasteiger partial charge on any atom is 0.119 e. The first-order valence-corrected chi connectivity index (χ1v) is 6.56. The summed E-state index contributed by atoms with van der Waals surface area (Å²) >= 11 is 0. The van der Waals surface area contributed by atoms with Crippen LogP contribution in [-0.2, 0) is 6.42 Å². The lowest BCUT2D eigenvalue weighted by Crippen LogP contribution is -2.44. The molecule has 0 aromatic heterocycles. The van der Waals surface area contributed by atoms with Crippen LogP contribution in [0.2, 0.25) is 0 Å². The predicted molar refractivity (Wildman–Crippen MR) is 72.0 cm³/mol. The number of hydrogen-bond donors (Lipinski definition) is 2. The zero-order valence-electron chi connectivity index (χ0n) is 11.0. The molecular formula is C14H22N2O2. The first kappa shape index (κ1) is 13.2. The van der Waals surface area contributed by atoms with E-state index in [4.69, 9.17) is 0 Å². The molecule has 0 amide bonds. The van der Waals surface area contributed by atoms with E-state index in [2.05, 4.69) is 16.8 Å². The van der Waals surface area contributed by atoms with Crippen LogP contribution in [-0.4, -0.2) is 59.8 Å². The molecule has 18 heavy (non-hydrogen) atoms. The molecular weight excluding hydrogens is 228 g/mol. The molecule has 1 fully saturated rings. The summed E-state index contributed by atoms with van der Waals surface area (Å²) in [4.78, 5) is 4.83. The Morgan fingerprint density at radius 3 is 2.22 bits per heavy atom. The van der Waals surface area contributed by atoms with Gasteiger partial charge in [0.1, 0.15) is 11.5 Å². The van der Waals surface area contributed by atoms with Gasteiger partial charge < -0.3 is 20.0 Å². The molecule has 1 aromatic rings. The average Bonchev–Trinajstić information content (AvgIpc) is 2.30. The highest BCUT2D eigenvalue weighted by atomic mass is 16.3. The van der Waals surface area contributed by atoms with Crippen molar-refractivity contribution in [2.45, 2.75) is 12.8 Å². The summed E-state index contributed by atoms with van der Waals surface area (Å²) < 4.78 is 0. The summed E-state index contributed by atoms with van der Waals surface area (Å²) in [6.07, 6.45) is 1.96. The fourth-order valence-corrected chi connectivity index (χ4v) is 2.38. The second kappa shape index (κ2) is 6.07. The zero-order valence-corrected chi connectivity index (χ0v) is 11.0. The first-order valence-electron chi connectivity index (χ1n) is 6.56. The van der Waals surface area contributed by atoms with Crippen molar-refractivity contribution in [2.24, 2.45) is 0 Å². The standard InChI is InChI=1S/C14H22N2O2/c1-15-5-7-16(8-6-15)4-2-3-12-9-13(17)11-14(18)10-12/h9-11,17-18H,2-8H2,1H3. The molecule has 0 aliphatic carbocycles. The second-order valence-electron chi connectivity index (χ2n) is 5.11. The summed E-state index contributed by atoms with van der Waals surface area (Å²) in [5.74, 6) is 0.286. The smallest absolute Gasteiger partial charge is 0.119 e. The van der Waals surface area contributed by atoms with Gasteiger partial charge in [-0.25, -0.2) is 0 Å². The molecule has 2 rings (SSSR count). The van der Waals surface area contributed by atoms with Crippen molar-refractivity contribution < 1.29 is 10.2 Å². The van der Waals surface area contributed by atoms with E-state index in [0.717, 1.165) is 51.1 Å². The van der Waals surface area contributed by atoms with Crippen LogP contribution in [0.3, 0.4) is 0 Å². The van der Waals surface area contributed by atoms with Crippen molar-refractivity contribution in [3.05, 3.63) is 23.8 Å². The maximum absolute atomic E-state index is 9.40. The zero-order chi connectivity index (χ0) is 13.0. The molecule has 0 radical (unpaired) electrons. The lowest BCUT2D eigenvalue weighted by atomic mass is 10.1. The maximum atomic E-state index is 9.40. The van der Waals surface area contributed by atoms with Crippen LogP contribution in [0.5, 0.6) is 11.5 Å². The molecule has 100 valence electrons. The van der Waals surface area contributed by atoms with Crippen LogP contribution >= 0.6 is 0 Å². The van der Waals surface area contributed by atoms with Gasteiger partial charge in [0.25, 0.3) is 0 Å². The largest absolute Gasteiger partial charge is 0.508 e. The Hall–Kier alpha value is -1.26. The minimum atomic E-state index is 0.143. The van der Waals surface area contributed by atoms with Crippen molar-refractivity contribution in [3.8, 4) is 11.5 Å². The Balaban J connectivity index is 1.74. The lowest BCUT2D eigenvalue weighted by Gasteiger charge is -2.32. The van der Waals surface area contributed by atoms with Crippen molar-refractivity contribution in [2.75, 3.05) is 39.8 Å². The molecule has 1 saturated heterocycles.